The van der Waals surface area contributed by atoms with Crippen LogP contribution >= 0.6 is 0 Å². The molecule has 5 nitrogen and oxygen atoms in total. The maximum atomic E-state index is 12.8. The summed E-state index contributed by atoms with van der Waals surface area (Å²) in [6.45, 7) is 7.76. The molecule has 0 heterocycles. The van der Waals surface area contributed by atoms with E-state index in [4.69, 9.17) is 14.2 Å². The Balaban J connectivity index is 4.20. The molecule has 0 aliphatic heterocycles. The van der Waals surface area contributed by atoms with E-state index in [9.17, 15) is 9.59 Å². The molecule has 0 amide bonds. The molecule has 0 spiro atoms. The van der Waals surface area contributed by atoms with Crippen LogP contribution in [0.3, 0.4) is 0 Å². The molecular formula is C61H114O5. The van der Waals surface area contributed by atoms with Gasteiger partial charge >= 0.3 is 11.9 Å². The first-order valence-corrected chi connectivity index (χ1v) is 29.5. The van der Waals surface area contributed by atoms with Gasteiger partial charge in [0.1, 0.15) is 6.61 Å². The lowest BCUT2D eigenvalue weighted by Gasteiger charge is -2.18. The van der Waals surface area contributed by atoms with E-state index in [1.807, 2.05) is 0 Å². The largest absolute Gasteiger partial charge is 0.462 e. The van der Waals surface area contributed by atoms with Gasteiger partial charge in [0.25, 0.3) is 0 Å². The number of hydrogen-bond acceptors (Lipinski definition) is 5. The molecule has 0 bridgehead atoms. The minimum atomic E-state index is -0.546. The van der Waals surface area contributed by atoms with Gasteiger partial charge in [-0.25, -0.2) is 0 Å². The summed E-state index contributed by atoms with van der Waals surface area (Å²) >= 11 is 0. The van der Waals surface area contributed by atoms with Crippen molar-refractivity contribution in [3.05, 3.63) is 36.5 Å². The third kappa shape index (κ3) is 54.7. The molecule has 0 aliphatic rings. The van der Waals surface area contributed by atoms with Crippen LogP contribution in [0.1, 0.15) is 316 Å². The molecule has 1 atom stereocenters. The Bertz CT molecular complexity index is 1050. The summed E-state index contributed by atoms with van der Waals surface area (Å²) in [4.78, 5) is 25.5. The zero-order chi connectivity index (χ0) is 47.7. The summed E-state index contributed by atoms with van der Waals surface area (Å²) in [6, 6.07) is 0. The van der Waals surface area contributed by atoms with Crippen molar-refractivity contribution >= 4 is 11.9 Å². The Labute approximate surface area is 412 Å². The molecule has 5 heteroatoms. The SMILES string of the molecule is CC/C=C\C/C=C\C/C=C\CCCCCC(=O)OC(COCCCCCCCCCCCCCCCCCCCC)COC(=O)CCCCCCCCCCCCCCCCCCCCC. The highest BCUT2D eigenvalue weighted by Gasteiger charge is 2.17. The van der Waals surface area contributed by atoms with Crippen LogP contribution in [0.2, 0.25) is 0 Å². The number of rotatable bonds is 55. The van der Waals surface area contributed by atoms with Gasteiger partial charge in [-0.1, -0.05) is 288 Å². The minimum absolute atomic E-state index is 0.0803. The molecule has 0 saturated carbocycles. The Morgan fingerprint density at radius 1 is 0.348 bits per heavy atom. The highest BCUT2D eigenvalue weighted by molar-refractivity contribution is 5.70. The summed E-state index contributed by atoms with van der Waals surface area (Å²) in [5.41, 5.74) is 0. The molecule has 0 aromatic rings. The van der Waals surface area contributed by atoms with E-state index in [0.29, 0.717) is 19.4 Å². The van der Waals surface area contributed by atoms with Gasteiger partial charge in [-0.05, 0) is 51.4 Å². The first-order valence-electron chi connectivity index (χ1n) is 29.5. The van der Waals surface area contributed by atoms with E-state index in [0.717, 1.165) is 64.2 Å². The number of unbranched alkanes of at least 4 members (excludes halogenated alkanes) is 38. The van der Waals surface area contributed by atoms with E-state index >= 15 is 0 Å². The molecule has 0 aromatic carbocycles. The van der Waals surface area contributed by atoms with Gasteiger partial charge in [-0.2, -0.15) is 0 Å². The summed E-state index contributed by atoms with van der Waals surface area (Å²) < 4.78 is 17.5. The monoisotopic (exact) mass is 927 g/mol. The Hall–Kier alpha value is -1.88. The number of allylic oxidation sites excluding steroid dienone is 6. The van der Waals surface area contributed by atoms with Crippen molar-refractivity contribution in [1.29, 1.82) is 0 Å². The fourth-order valence-corrected chi connectivity index (χ4v) is 8.82. The first-order chi connectivity index (χ1) is 32.6. The summed E-state index contributed by atoms with van der Waals surface area (Å²) in [6.07, 6.45) is 70.4. The fourth-order valence-electron chi connectivity index (χ4n) is 8.82. The first kappa shape index (κ1) is 64.1. The molecule has 388 valence electrons. The van der Waals surface area contributed by atoms with Crippen LogP contribution in [0.5, 0.6) is 0 Å². The Kier molecular flexibility index (Phi) is 55.8. The highest BCUT2D eigenvalue weighted by atomic mass is 16.6. The molecule has 0 aromatic heterocycles. The Morgan fingerprint density at radius 2 is 0.682 bits per heavy atom. The molecular weight excluding hydrogens is 813 g/mol. The maximum Gasteiger partial charge on any atom is 0.306 e. The topological polar surface area (TPSA) is 61.8 Å². The van der Waals surface area contributed by atoms with Gasteiger partial charge in [0, 0.05) is 19.4 Å². The van der Waals surface area contributed by atoms with Crippen LogP contribution in [0, 0.1) is 0 Å². The molecule has 0 rings (SSSR count). The van der Waals surface area contributed by atoms with Crippen molar-refractivity contribution in [2.45, 2.75) is 322 Å². The predicted octanol–water partition coefficient (Wildman–Crippen LogP) is 20.1. The molecule has 0 N–H and O–H groups in total. The minimum Gasteiger partial charge on any atom is -0.462 e. The zero-order valence-corrected chi connectivity index (χ0v) is 44.7. The Morgan fingerprint density at radius 3 is 1.09 bits per heavy atom. The van der Waals surface area contributed by atoms with Crippen molar-refractivity contribution in [3.8, 4) is 0 Å². The van der Waals surface area contributed by atoms with Crippen molar-refractivity contribution in [2.24, 2.45) is 0 Å². The predicted molar refractivity (Wildman–Crippen MR) is 288 cm³/mol. The fraction of sp³-hybridized carbons (Fsp3) is 0.869. The van der Waals surface area contributed by atoms with E-state index in [1.165, 1.54) is 218 Å². The third-order valence-corrected chi connectivity index (χ3v) is 13.2. The zero-order valence-electron chi connectivity index (χ0n) is 44.7. The molecule has 1 unspecified atom stereocenters. The van der Waals surface area contributed by atoms with Gasteiger partial charge in [-0.3, -0.25) is 9.59 Å². The number of carbonyl (C=O) groups excluding carboxylic acids is 2. The second-order valence-electron chi connectivity index (χ2n) is 19.9. The summed E-state index contributed by atoms with van der Waals surface area (Å²) in [5, 5.41) is 0. The van der Waals surface area contributed by atoms with Gasteiger partial charge in [0.2, 0.25) is 0 Å². The van der Waals surface area contributed by atoms with Gasteiger partial charge in [0.15, 0.2) is 6.10 Å². The van der Waals surface area contributed by atoms with Gasteiger partial charge in [0.05, 0.1) is 6.61 Å². The number of ether oxygens (including phenoxy) is 3. The van der Waals surface area contributed by atoms with E-state index in [-0.39, 0.29) is 25.2 Å². The van der Waals surface area contributed by atoms with Crippen LogP contribution in [-0.2, 0) is 23.8 Å². The van der Waals surface area contributed by atoms with Gasteiger partial charge < -0.3 is 14.2 Å². The average molecular weight is 928 g/mol. The van der Waals surface area contributed by atoms with Crippen molar-refractivity contribution in [1.82, 2.24) is 0 Å². The maximum absolute atomic E-state index is 12.8. The van der Waals surface area contributed by atoms with Crippen LogP contribution in [0.15, 0.2) is 36.5 Å². The second-order valence-corrected chi connectivity index (χ2v) is 19.9. The molecule has 0 aliphatic carbocycles. The van der Waals surface area contributed by atoms with Crippen LogP contribution in [0.4, 0.5) is 0 Å². The molecule has 0 fully saturated rings. The summed E-state index contributed by atoms with van der Waals surface area (Å²) in [5.74, 6) is -0.409. The number of hydrogen-bond donors (Lipinski definition) is 0. The van der Waals surface area contributed by atoms with Crippen molar-refractivity contribution in [3.63, 3.8) is 0 Å². The van der Waals surface area contributed by atoms with Crippen molar-refractivity contribution in [2.75, 3.05) is 19.8 Å². The number of esters is 2. The standard InChI is InChI=1S/C61H114O5/c1-4-7-10-13-16-19-22-25-27-29-31-32-34-37-39-42-45-48-51-54-60(62)65-58-59(66-61(63)55-52-49-46-43-40-36-24-21-18-15-12-9-6-3)57-64-56-53-50-47-44-41-38-35-33-30-28-26-23-20-17-14-11-8-5-2/h9,12,18,21,36,40,59H,4-8,10-11,13-17,19-20,22-35,37-39,41-58H2,1-3H3/b12-9-,21-18-,40-36-. The quantitative estimate of drug-likeness (QED) is 0.0345. The highest BCUT2D eigenvalue weighted by Crippen LogP contribution is 2.17. The normalized spacial score (nSPS) is 12.3. The lowest BCUT2D eigenvalue weighted by molar-refractivity contribution is -0.163. The summed E-state index contributed by atoms with van der Waals surface area (Å²) in [7, 11) is 0. The molecule has 0 radical (unpaired) electrons. The lowest BCUT2D eigenvalue weighted by Crippen LogP contribution is -2.30. The van der Waals surface area contributed by atoms with Crippen molar-refractivity contribution < 1.29 is 23.8 Å². The molecule has 66 heavy (non-hydrogen) atoms. The third-order valence-electron chi connectivity index (χ3n) is 13.2. The van der Waals surface area contributed by atoms with Crippen LogP contribution in [-0.4, -0.2) is 37.9 Å². The average Bonchev–Trinajstić information content (AvgIpc) is 3.32. The van der Waals surface area contributed by atoms with Gasteiger partial charge in [-0.15, -0.1) is 0 Å². The van der Waals surface area contributed by atoms with E-state index in [1.54, 1.807) is 0 Å². The number of carbonyl (C=O) groups is 2. The lowest BCUT2D eigenvalue weighted by atomic mass is 10.0. The second kappa shape index (κ2) is 57.4. The van der Waals surface area contributed by atoms with E-state index < -0.39 is 6.10 Å². The van der Waals surface area contributed by atoms with Crippen LogP contribution in [0.25, 0.3) is 0 Å². The van der Waals surface area contributed by atoms with Crippen LogP contribution < -0.4 is 0 Å². The smallest absolute Gasteiger partial charge is 0.306 e. The van der Waals surface area contributed by atoms with E-state index in [2.05, 4.69) is 57.2 Å². The molecule has 0 saturated heterocycles.